The minimum atomic E-state index is -0.415. The maximum absolute atomic E-state index is 12.8. The lowest BCUT2D eigenvalue weighted by atomic mass is 10.1. The topological polar surface area (TPSA) is 38.3 Å². The maximum atomic E-state index is 12.8. The summed E-state index contributed by atoms with van der Waals surface area (Å²) in [6, 6.07) is 4.64. The highest BCUT2D eigenvalue weighted by Crippen LogP contribution is 2.10. The third-order valence-corrected chi connectivity index (χ3v) is 2.24. The number of benzene rings is 1. The standard InChI is InChI=1S/C12H16FNO2/c1-3-16-12(15)14-7-6-10-4-5-11(13)8-9(10)2/h4-5,8H,3,6-7H2,1-2H3,(H,14,15). The number of hydrogen-bond acceptors (Lipinski definition) is 2. The van der Waals surface area contributed by atoms with Crippen molar-refractivity contribution in [1.29, 1.82) is 0 Å². The first-order valence-electron chi connectivity index (χ1n) is 5.29. The first-order valence-corrected chi connectivity index (χ1v) is 5.29. The zero-order chi connectivity index (χ0) is 12.0. The van der Waals surface area contributed by atoms with Crippen LogP contribution in [0.2, 0.25) is 0 Å². The molecule has 88 valence electrons. The van der Waals surface area contributed by atoms with Crippen LogP contribution in [0.15, 0.2) is 18.2 Å². The molecule has 0 radical (unpaired) electrons. The molecule has 1 aromatic carbocycles. The first-order chi connectivity index (χ1) is 7.63. The van der Waals surface area contributed by atoms with E-state index in [0.717, 1.165) is 11.1 Å². The molecule has 0 aliphatic rings. The van der Waals surface area contributed by atoms with E-state index in [4.69, 9.17) is 4.74 Å². The lowest BCUT2D eigenvalue weighted by Crippen LogP contribution is -2.26. The second kappa shape index (κ2) is 6.10. The molecular formula is C12H16FNO2. The van der Waals surface area contributed by atoms with Crippen molar-refractivity contribution in [1.82, 2.24) is 5.32 Å². The quantitative estimate of drug-likeness (QED) is 0.854. The molecule has 0 atom stereocenters. The van der Waals surface area contributed by atoms with Crippen molar-refractivity contribution in [2.24, 2.45) is 0 Å². The van der Waals surface area contributed by atoms with E-state index >= 15 is 0 Å². The van der Waals surface area contributed by atoms with Crippen LogP contribution in [0.1, 0.15) is 18.1 Å². The number of halogens is 1. The molecule has 0 bridgehead atoms. The van der Waals surface area contributed by atoms with Gasteiger partial charge in [0.15, 0.2) is 0 Å². The van der Waals surface area contributed by atoms with Crippen molar-refractivity contribution in [3.63, 3.8) is 0 Å². The van der Waals surface area contributed by atoms with Gasteiger partial charge in [-0.2, -0.15) is 0 Å². The Balaban J connectivity index is 2.40. The van der Waals surface area contributed by atoms with E-state index < -0.39 is 6.09 Å². The predicted molar refractivity (Wildman–Crippen MR) is 59.9 cm³/mol. The Labute approximate surface area is 94.6 Å². The molecule has 0 saturated heterocycles. The van der Waals surface area contributed by atoms with Gasteiger partial charge in [0.1, 0.15) is 5.82 Å². The van der Waals surface area contributed by atoms with Gasteiger partial charge in [-0.15, -0.1) is 0 Å². The van der Waals surface area contributed by atoms with Crippen LogP contribution in [0.25, 0.3) is 0 Å². The van der Waals surface area contributed by atoms with Crippen LogP contribution in [0, 0.1) is 12.7 Å². The number of hydrogen-bond donors (Lipinski definition) is 1. The van der Waals surface area contributed by atoms with Gasteiger partial charge in [-0.1, -0.05) is 6.07 Å². The highest BCUT2D eigenvalue weighted by Gasteiger charge is 2.02. The van der Waals surface area contributed by atoms with E-state index in [1.807, 2.05) is 6.92 Å². The van der Waals surface area contributed by atoms with E-state index in [2.05, 4.69) is 5.32 Å². The Kier molecular flexibility index (Phi) is 4.76. The van der Waals surface area contributed by atoms with Crippen molar-refractivity contribution in [3.05, 3.63) is 35.1 Å². The molecule has 0 fully saturated rings. The molecule has 0 aliphatic carbocycles. The number of rotatable bonds is 4. The minimum absolute atomic E-state index is 0.236. The highest BCUT2D eigenvalue weighted by atomic mass is 19.1. The molecule has 3 nitrogen and oxygen atoms in total. The Morgan fingerprint density at radius 2 is 2.25 bits per heavy atom. The number of carbonyl (C=O) groups excluding carboxylic acids is 1. The van der Waals surface area contributed by atoms with Crippen LogP contribution in [-0.4, -0.2) is 19.2 Å². The molecule has 0 spiro atoms. The number of nitrogens with one attached hydrogen (secondary N) is 1. The number of ether oxygens (including phenoxy) is 1. The molecule has 1 N–H and O–H groups in total. The molecule has 0 unspecified atom stereocenters. The molecule has 1 aromatic rings. The number of carbonyl (C=O) groups is 1. The monoisotopic (exact) mass is 225 g/mol. The summed E-state index contributed by atoms with van der Waals surface area (Å²) < 4.78 is 17.5. The normalized spacial score (nSPS) is 9.94. The van der Waals surface area contributed by atoms with E-state index in [0.29, 0.717) is 19.6 Å². The van der Waals surface area contributed by atoms with Gasteiger partial charge in [-0.3, -0.25) is 0 Å². The van der Waals surface area contributed by atoms with E-state index in [1.165, 1.54) is 12.1 Å². The summed E-state index contributed by atoms with van der Waals surface area (Å²) in [5.41, 5.74) is 1.92. The Morgan fingerprint density at radius 1 is 1.50 bits per heavy atom. The fourth-order valence-corrected chi connectivity index (χ4v) is 1.42. The molecule has 0 aliphatic heterocycles. The molecule has 0 heterocycles. The van der Waals surface area contributed by atoms with Crippen molar-refractivity contribution >= 4 is 6.09 Å². The molecule has 1 amide bonds. The third-order valence-electron chi connectivity index (χ3n) is 2.24. The second-order valence-electron chi connectivity index (χ2n) is 3.47. The number of alkyl carbamates (subject to hydrolysis) is 1. The van der Waals surface area contributed by atoms with Gasteiger partial charge in [0.25, 0.3) is 0 Å². The first kappa shape index (κ1) is 12.5. The average molecular weight is 225 g/mol. The zero-order valence-electron chi connectivity index (χ0n) is 9.55. The highest BCUT2D eigenvalue weighted by molar-refractivity contribution is 5.67. The molecule has 1 rings (SSSR count). The molecular weight excluding hydrogens is 209 g/mol. The van der Waals surface area contributed by atoms with Gasteiger partial charge < -0.3 is 10.1 Å². The third kappa shape index (κ3) is 3.88. The summed E-state index contributed by atoms with van der Waals surface area (Å²) in [6.07, 6.45) is 0.257. The summed E-state index contributed by atoms with van der Waals surface area (Å²) in [5, 5.41) is 2.62. The van der Waals surface area contributed by atoms with Crippen LogP contribution in [-0.2, 0) is 11.2 Å². The molecule has 0 aromatic heterocycles. The lowest BCUT2D eigenvalue weighted by molar-refractivity contribution is 0.152. The van der Waals surface area contributed by atoms with Crippen LogP contribution >= 0.6 is 0 Å². The predicted octanol–water partition coefficient (Wildman–Crippen LogP) is 2.42. The zero-order valence-corrected chi connectivity index (χ0v) is 9.55. The Hall–Kier alpha value is -1.58. The average Bonchev–Trinajstić information content (AvgIpc) is 2.22. The minimum Gasteiger partial charge on any atom is -0.450 e. The van der Waals surface area contributed by atoms with Crippen LogP contribution < -0.4 is 5.32 Å². The molecule has 4 heteroatoms. The smallest absolute Gasteiger partial charge is 0.407 e. The second-order valence-corrected chi connectivity index (χ2v) is 3.47. The van der Waals surface area contributed by atoms with E-state index in [-0.39, 0.29) is 5.82 Å². The van der Waals surface area contributed by atoms with Crippen LogP contribution in [0.5, 0.6) is 0 Å². The lowest BCUT2D eigenvalue weighted by Gasteiger charge is -2.07. The number of amides is 1. The van der Waals surface area contributed by atoms with Gasteiger partial charge in [0, 0.05) is 6.54 Å². The van der Waals surface area contributed by atoms with Crippen molar-refractivity contribution in [2.45, 2.75) is 20.3 Å². The molecule has 16 heavy (non-hydrogen) atoms. The Morgan fingerprint density at radius 3 is 2.88 bits per heavy atom. The molecule has 0 saturated carbocycles. The van der Waals surface area contributed by atoms with Crippen LogP contribution in [0.3, 0.4) is 0 Å². The fraction of sp³-hybridized carbons (Fsp3) is 0.417. The van der Waals surface area contributed by atoms with Crippen LogP contribution in [0.4, 0.5) is 9.18 Å². The van der Waals surface area contributed by atoms with Crippen molar-refractivity contribution < 1.29 is 13.9 Å². The van der Waals surface area contributed by atoms with E-state index in [9.17, 15) is 9.18 Å². The summed E-state index contributed by atoms with van der Waals surface area (Å²) >= 11 is 0. The van der Waals surface area contributed by atoms with Gasteiger partial charge >= 0.3 is 6.09 Å². The summed E-state index contributed by atoms with van der Waals surface area (Å²) in [4.78, 5) is 11.0. The largest absolute Gasteiger partial charge is 0.450 e. The van der Waals surface area contributed by atoms with E-state index in [1.54, 1.807) is 13.0 Å². The van der Waals surface area contributed by atoms with Gasteiger partial charge in [0.05, 0.1) is 6.61 Å². The van der Waals surface area contributed by atoms with Crippen molar-refractivity contribution in [3.8, 4) is 0 Å². The SMILES string of the molecule is CCOC(=O)NCCc1ccc(F)cc1C. The summed E-state index contributed by atoms with van der Waals surface area (Å²) in [6.45, 7) is 4.46. The van der Waals surface area contributed by atoms with Crippen molar-refractivity contribution in [2.75, 3.05) is 13.2 Å². The van der Waals surface area contributed by atoms with Gasteiger partial charge in [-0.25, -0.2) is 9.18 Å². The van der Waals surface area contributed by atoms with Gasteiger partial charge in [-0.05, 0) is 43.5 Å². The maximum Gasteiger partial charge on any atom is 0.407 e. The fourth-order valence-electron chi connectivity index (χ4n) is 1.42. The summed E-state index contributed by atoms with van der Waals surface area (Å²) in [5.74, 6) is -0.236. The number of aryl methyl sites for hydroxylation is 1. The summed E-state index contributed by atoms with van der Waals surface area (Å²) in [7, 11) is 0. The Bertz CT molecular complexity index is 366. The van der Waals surface area contributed by atoms with Gasteiger partial charge in [0.2, 0.25) is 0 Å².